The molecule has 2 rings (SSSR count). The highest BCUT2D eigenvalue weighted by Gasteiger charge is 2.27. The third-order valence-corrected chi connectivity index (χ3v) is 4.89. The Hall–Kier alpha value is -1.24. The first-order valence-corrected chi connectivity index (χ1v) is 8.06. The van der Waals surface area contributed by atoms with Crippen molar-refractivity contribution in [2.24, 2.45) is 11.8 Å². The van der Waals surface area contributed by atoms with Crippen molar-refractivity contribution in [1.29, 1.82) is 0 Å². The van der Waals surface area contributed by atoms with Crippen LogP contribution in [0.3, 0.4) is 0 Å². The second-order valence-electron chi connectivity index (χ2n) is 5.43. The molecule has 112 valence electrons. The lowest BCUT2D eigenvalue weighted by molar-refractivity contribution is -0.143. The Morgan fingerprint density at radius 1 is 1.30 bits per heavy atom. The largest absolute Gasteiger partial charge is 0.481 e. The van der Waals surface area contributed by atoms with Crippen LogP contribution in [0.2, 0.25) is 0 Å². The predicted molar refractivity (Wildman–Crippen MR) is 75.1 cm³/mol. The van der Waals surface area contributed by atoms with E-state index in [1.165, 1.54) is 11.8 Å². The van der Waals surface area contributed by atoms with Gasteiger partial charge in [0.25, 0.3) is 0 Å². The number of amides is 2. The van der Waals surface area contributed by atoms with Gasteiger partial charge in [-0.3, -0.25) is 14.4 Å². The van der Waals surface area contributed by atoms with Crippen molar-refractivity contribution in [3.8, 4) is 0 Å². The van der Waals surface area contributed by atoms with Crippen LogP contribution in [0.25, 0.3) is 0 Å². The van der Waals surface area contributed by atoms with Gasteiger partial charge in [0.05, 0.1) is 17.5 Å². The molecule has 0 bridgehead atoms. The molecule has 0 aromatic rings. The molecular formula is C13H20N2O4S. The Kier molecular flexibility index (Phi) is 5.28. The minimum absolute atomic E-state index is 0.0205. The van der Waals surface area contributed by atoms with Gasteiger partial charge in [-0.1, -0.05) is 0 Å². The molecule has 2 amide bonds. The highest BCUT2D eigenvalue weighted by atomic mass is 32.2. The minimum atomic E-state index is -0.711. The summed E-state index contributed by atoms with van der Waals surface area (Å²) in [6.45, 7) is 0.719. The summed E-state index contributed by atoms with van der Waals surface area (Å²) < 4.78 is 0. The fourth-order valence-electron chi connectivity index (χ4n) is 2.64. The fraction of sp³-hybridized carbons (Fsp3) is 0.769. The van der Waals surface area contributed by atoms with Crippen molar-refractivity contribution >= 4 is 29.5 Å². The number of hydrogen-bond donors (Lipinski definition) is 2. The summed E-state index contributed by atoms with van der Waals surface area (Å²) in [4.78, 5) is 35.5. The SMILES string of the molecule is O=C(CN1CSCC1=O)NCC1CCC(C(=O)O)CC1. The fourth-order valence-corrected chi connectivity index (χ4v) is 3.55. The van der Waals surface area contributed by atoms with Crippen LogP contribution in [0.4, 0.5) is 0 Å². The van der Waals surface area contributed by atoms with Crippen molar-refractivity contribution in [2.45, 2.75) is 25.7 Å². The molecule has 1 aliphatic carbocycles. The zero-order valence-electron chi connectivity index (χ0n) is 11.3. The summed E-state index contributed by atoms with van der Waals surface area (Å²) >= 11 is 1.52. The number of carboxylic acids is 1. The van der Waals surface area contributed by atoms with Gasteiger partial charge in [0.2, 0.25) is 11.8 Å². The van der Waals surface area contributed by atoms with Crippen LogP contribution in [0, 0.1) is 11.8 Å². The van der Waals surface area contributed by atoms with E-state index in [0.29, 0.717) is 36.9 Å². The standard InChI is InChI=1S/C13H20N2O4S/c16-11(6-15-8-20-7-12(15)17)14-5-9-1-3-10(4-2-9)13(18)19/h9-10H,1-8H2,(H,14,16)(H,18,19). The van der Waals surface area contributed by atoms with E-state index < -0.39 is 5.97 Å². The highest BCUT2D eigenvalue weighted by molar-refractivity contribution is 8.00. The van der Waals surface area contributed by atoms with Crippen molar-refractivity contribution in [3.05, 3.63) is 0 Å². The molecule has 1 saturated heterocycles. The molecule has 0 aromatic heterocycles. The maximum Gasteiger partial charge on any atom is 0.306 e. The summed E-state index contributed by atoms with van der Waals surface area (Å²) in [5.74, 6) is 0.382. The van der Waals surface area contributed by atoms with Gasteiger partial charge in [-0.05, 0) is 31.6 Å². The van der Waals surface area contributed by atoms with Crippen molar-refractivity contribution < 1.29 is 19.5 Å². The lowest BCUT2D eigenvalue weighted by atomic mass is 9.82. The Balaban J connectivity index is 1.64. The number of thioether (sulfide) groups is 1. The van der Waals surface area contributed by atoms with Gasteiger partial charge in [0.1, 0.15) is 6.54 Å². The van der Waals surface area contributed by atoms with Crippen LogP contribution in [-0.4, -0.2) is 52.5 Å². The monoisotopic (exact) mass is 300 g/mol. The van der Waals surface area contributed by atoms with Crippen LogP contribution in [0.15, 0.2) is 0 Å². The lowest BCUT2D eigenvalue weighted by Crippen LogP contribution is -2.40. The van der Waals surface area contributed by atoms with E-state index in [-0.39, 0.29) is 24.3 Å². The first-order valence-electron chi connectivity index (χ1n) is 6.91. The maximum atomic E-state index is 11.8. The number of aliphatic carboxylic acids is 1. The predicted octanol–water partition coefficient (Wildman–Crippen LogP) is 0.526. The van der Waals surface area contributed by atoms with Crippen LogP contribution in [0.5, 0.6) is 0 Å². The van der Waals surface area contributed by atoms with E-state index in [9.17, 15) is 14.4 Å². The van der Waals surface area contributed by atoms with Gasteiger partial charge in [-0.15, -0.1) is 11.8 Å². The van der Waals surface area contributed by atoms with E-state index in [1.54, 1.807) is 4.90 Å². The van der Waals surface area contributed by atoms with Crippen LogP contribution in [-0.2, 0) is 14.4 Å². The van der Waals surface area contributed by atoms with Gasteiger partial charge in [-0.2, -0.15) is 0 Å². The lowest BCUT2D eigenvalue weighted by Gasteiger charge is -2.26. The van der Waals surface area contributed by atoms with Gasteiger partial charge in [-0.25, -0.2) is 0 Å². The van der Waals surface area contributed by atoms with Crippen LogP contribution < -0.4 is 5.32 Å². The number of carbonyl (C=O) groups is 3. The average molecular weight is 300 g/mol. The van der Waals surface area contributed by atoms with Gasteiger partial charge in [0.15, 0.2) is 0 Å². The molecule has 1 saturated carbocycles. The number of carboxylic acid groups (broad SMARTS) is 1. The molecule has 1 heterocycles. The summed E-state index contributed by atoms with van der Waals surface area (Å²) in [5.41, 5.74) is 0. The molecule has 6 nitrogen and oxygen atoms in total. The molecule has 2 N–H and O–H groups in total. The summed E-state index contributed by atoms with van der Waals surface area (Å²) in [6, 6.07) is 0. The summed E-state index contributed by atoms with van der Waals surface area (Å²) in [7, 11) is 0. The van der Waals surface area contributed by atoms with Gasteiger partial charge in [0, 0.05) is 6.54 Å². The van der Waals surface area contributed by atoms with E-state index in [4.69, 9.17) is 5.11 Å². The first-order chi connectivity index (χ1) is 9.56. The minimum Gasteiger partial charge on any atom is -0.481 e. The van der Waals surface area contributed by atoms with Gasteiger partial charge >= 0.3 is 5.97 Å². The van der Waals surface area contributed by atoms with Gasteiger partial charge < -0.3 is 15.3 Å². The van der Waals surface area contributed by atoms with E-state index in [2.05, 4.69) is 5.32 Å². The second-order valence-corrected chi connectivity index (χ2v) is 6.38. The Bertz CT molecular complexity index is 394. The Labute approximate surface area is 122 Å². The number of rotatable bonds is 5. The Morgan fingerprint density at radius 2 is 2.00 bits per heavy atom. The molecule has 2 aliphatic rings. The van der Waals surface area contributed by atoms with Crippen molar-refractivity contribution in [3.63, 3.8) is 0 Å². The topological polar surface area (TPSA) is 86.7 Å². The molecule has 1 aliphatic heterocycles. The number of nitrogens with one attached hydrogen (secondary N) is 1. The normalized spacial score (nSPS) is 26.6. The average Bonchev–Trinajstić information content (AvgIpc) is 2.82. The molecule has 20 heavy (non-hydrogen) atoms. The van der Waals surface area contributed by atoms with Crippen molar-refractivity contribution in [2.75, 3.05) is 24.7 Å². The molecule has 0 atom stereocenters. The molecular weight excluding hydrogens is 280 g/mol. The maximum absolute atomic E-state index is 11.8. The molecule has 7 heteroatoms. The first kappa shape index (κ1) is 15.2. The smallest absolute Gasteiger partial charge is 0.306 e. The number of hydrogen-bond acceptors (Lipinski definition) is 4. The number of nitrogens with zero attached hydrogens (tertiary/aromatic N) is 1. The summed E-state index contributed by atoms with van der Waals surface area (Å²) in [6.07, 6.45) is 3.07. The van der Waals surface area contributed by atoms with E-state index in [1.807, 2.05) is 0 Å². The van der Waals surface area contributed by atoms with E-state index >= 15 is 0 Å². The van der Waals surface area contributed by atoms with Crippen LogP contribution >= 0.6 is 11.8 Å². The third-order valence-electron chi connectivity index (χ3n) is 3.94. The zero-order chi connectivity index (χ0) is 14.5. The van der Waals surface area contributed by atoms with E-state index in [0.717, 1.165) is 12.8 Å². The molecule has 0 unspecified atom stereocenters. The number of carbonyl (C=O) groups excluding carboxylic acids is 2. The van der Waals surface area contributed by atoms with Crippen molar-refractivity contribution in [1.82, 2.24) is 10.2 Å². The highest BCUT2D eigenvalue weighted by Crippen LogP contribution is 2.28. The second kappa shape index (κ2) is 6.97. The Morgan fingerprint density at radius 3 is 2.55 bits per heavy atom. The molecule has 0 aromatic carbocycles. The quantitative estimate of drug-likeness (QED) is 0.773. The zero-order valence-corrected chi connectivity index (χ0v) is 12.2. The molecule has 0 spiro atoms. The molecule has 2 fully saturated rings. The van der Waals surface area contributed by atoms with Crippen LogP contribution in [0.1, 0.15) is 25.7 Å². The molecule has 0 radical (unpaired) electrons. The third kappa shape index (κ3) is 4.13. The summed E-state index contributed by atoms with van der Waals surface area (Å²) in [5, 5.41) is 11.8.